The Labute approximate surface area is 104 Å². The van der Waals surface area contributed by atoms with Crippen molar-refractivity contribution in [1.29, 1.82) is 0 Å². The summed E-state index contributed by atoms with van der Waals surface area (Å²) in [6.45, 7) is 4.22. The van der Waals surface area contributed by atoms with Crippen LogP contribution in [0, 0.1) is 11.6 Å². The van der Waals surface area contributed by atoms with E-state index in [2.05, 4.69) is 10.3 Å². The van der Waals surface area contributed by atoms with E-state index >= 15 is 0 Å². The molecule has 0 aliphatic heterocycles. The molecule has 0 aliphatic rings. The van der Waals surface area contributed by atoms with E-state index in [1.54, 1.807) is 17.0 Å². The molecule has 18 heavy (non-hydrogen) atoms. The van der Waals surface area contributed by atoms with Crippen LogP contribution >= 0.6 is 0 Å². The van der Waals surface area contributed by atoms with Gasteiger partial charge < -0.3 is 9.88 Å². The van der Waals surface area contributed by atoms with Crippen molar-refractivity contribution in [3.8, 4) is 0 Å². The molecule has 0 saturated heterocycles. The number of imidazole rings is 1. The van der Waals surface area contributed by atoms with Crippen LogP contribution in [-0.4, -0.2) is 15.6 Å². The predicted octanol–water partition coefficient (Wildman–Crippen LogP) is 3.03. The van der Waals surface area contributed by atoms with E-state index in [1.807, 2.05) is 13.8 Å². The summed E-state index contributed by atoms with van der Waals surface area (Å²) in [6.07, 6.45) is 3.36. The number of benzene rings is 1. The molecule has 0 spiro atoms. The molecule has 2 rings (SSSR count). The fourth-order valence-corrected chi connectivity index (χ4v) is 1.68. The highest BCUT2D eigenvalue weighted by molar-refractivity contribution is 5.29. The molecular weight excluding hydrogens is 236 g/mol. The lowest BCUT2D eigenvalue weighted by molar-refractivity contribution is 0.577. The number of nitrogens with zero attached hydrogens (tertiary/aromatic N) is 2. The van der Waals surface area contributed by atoms with Crippen molar-refractivity contribution in [1.82, 2.24) is 9.55 Å². The van der Waals surface area contributed by atoms with Gasteiger partial charge in [-0.3, -0.25) is 0 Å². The number of aromatic nitrogens is 2. The molecule has 96 valence electrons. The number of halogens is 2. The Morgan fingerprint density at radius 2 is 2.11 bits per heavy atom. The third-order valence-corrected chi connectivity index (χ3v) is 2.48. The number of nitrogens with one attached hydrogen (secondary N) is 1. The van der Waals surface area contributed by atoms with Crippen molar-refractivity contribution in [3.63, 3.8) is 0 Å². The summed E-state index contributed by atoms with van der Waals surface area (Å²) in [4.78, 5) is 4.14. The maximum atomic E-state index is 13.5. The molecule has 0 unspecified atom stereocenters. The monoisotopic (exact) mass is 251 g/mol. The average molecular weight is 251 g/mol. The molecule has 1 aromatic carbocycles. The Bertz CT molecular complexity index is 535. The second kappa shape index (κ2) is 5.16. The zero-order chi connectivity index (χ0) is 13.1. The highest BCUT2D eigenvalue weighted by Gasteiger charge is 2.08. The molecule has 2 aromatic rings. The molecule has 3 nitrogen and oxygen atoms in total. The van der Waals surface area contributed by atoms with Crippen LogP contribution in [0.1, 0.15) is 19.4 Å². The Balaban J connectivity index is 2.23. The molecule has 0 fully saturated rings. The minimum absolute atomic E-state index is 0.225. The van der Waals surface area contributed by atoms with Crippen molar-refractivity contribution in [2.45, 2.75) is 26.4 Å². The topological polar surface area (TPSA) is 29.9 Å². The van der Waals surface area contributed by atoms with Gasteiger partial charge >= 0.3 is 0 Å². The van der Waals surface area contributed by atoms with Crippen LogP contribution in [0.4, 0.5) is 14.7 Å². The molecule has 1 N–H and O–H groups in total. The van der Waals surface area contributed by atoms with Gasteiger partial charge in [0.05, 0.1) is 6.54 Å². The summed E-state index contributed by atoms with van der Waals surface area (Å²) >= 11 is 0. The first-order valence-electron chi connectivity index (χ1n) is 5.78. The molecule has 0 atom stereocenters. The average Bonchev–Trinajstić information content (AvgIpc) is 2.70. The van der Waals surface area contributed by atoms with Gasteiger partial charge in [0.25, 0.3) is 0 Å². The molecule has 1 heterocycles. The van der Waals surface area contributed by atoms with Crippen LogP contribution in [-0.2, 0) is 6.54 Å². The minimum atomic E-state index is -0.440. The summed E-state index contributed by atoms with van der Waals surface area (Å²) in [6, 6.07) is 3.68. The second-order valence-electron chi connectivity index (χ2n) is 4.41. The van der Waals surface area contributed by atoms with E-state index in [-0.39, 0.29) is 12.6 Å². The molecule has 0 amide bonds. The SMILES string of the molecule is CC(C)Nc1nccn1Cc1cc(F)ccc1F. The van der Waals surface area contributed by atoms with Crippen LogP contribution in [0.5, 0.6) is 0 Å². The van der Waals surface area contributed by atoms with E-state index in [9.17, 15) is 8.78 Å². The van der Waals surface area contributed by atoms with Gasteiger partial charge in [0.2, 0.25) is 5.95 Å². The van der Waals surface area contributed by atoms with E-state index in [1.165, 1.54) is 6.07 Å². The number of anilines is 1. The van der Waals surface area contributed by atoms with Crippen LogP contribution < -0.4 is 5.32 Å². The maximum Gasteiger partial charge on any atom is 0.203 e. The van der Waals surface area contributed by atoms with Gasteiger partial charge in [-0.2, -0.15) is 0 Å². The van der Waals surface area contributed by atoms with E-state index in [0.29, 0.717) is 11.5 Å². The molecule has 5 heteroatoms. The lowest BCUT2D eigenvalue weighted by Gasteiger charge is -2.12. The zero-order valence-corrected chi connectivity index (χ0v) is 10.3. The largest absolute Gasteiger partial charge is 0.353 e. The van der Waals surface area contributed by atoms with Crippen LogP contribution in [0.15, 0.2) is 30.6 Å². The quantitative estimate of drug-likeness (QED) is 0.905. The van der Waals surface area contributed by atoms with Gasteiger partial charge in [0.1, 0.15) is 11.6 Å². The van der Waals surface area contributed by atoms with Crippen molar-refractivity contribution in [2.24, 2.45) is 0 Å². The molecule has 0 aliphatic carbocycles. The van der Waals surface area contributed by atoms with Crippen LogP contribution in [0.2, 0.25) is 0 Å². The summed E-state index contributed by atoms with van der Waals surface area (Å²) in [7, 11) is 0. The number of hydrogen-bond donors (Lipinski definition) is 1. The third kappa shape index (κ3) is 2.85. The smallest absolute Gasteiger partial charge is 0.203 e. The lowest BCUT2D eigenvalue weighted by atomic mass is 10.2. The summed E-state index contributed by atoms with van der Waals surface area (Å²) < 4.78 is 28.4. The summed E-state index contributed by atoms with van der Waals surface area (Å²) in [5.41, 5.74) is 0.305. The van der Waals surface area contributed by atoms with E-state index in [4.69, 9.17) is 0 Å². The highest BCUT2D eigenvalue weighted by atomic mass is 19.1. The van der Waals surface area contributed by atoms with Gasteiger partial charge in [0, 0.05) is 24.0 Å². The Hall–Kier alpha value is -1.91. The molecule has 0 radical (unpaired) electrons. The van der Waals surface area contributed by atoms with Gasteiger partial charge in [-0.25, -0.2) is 13.8 Å². The maximum absolute atomic E-state index is 13.5. The molecule has 1 aromatic heterocycles. The van der Waals surface area contributed by atoms with Gasteiger partial charge in [0.15, 0.2) is 0 Å². The molecular formula is C13H15F2N3. The fraction of sp³-hybridized carbons (Fsp3) is 0.308. The number of rotatable bonds is 4. The van der Waals surface area contributed by atoms with Crippen LogP contribution in [0.3, 0.4) is 0 Å². The molecule has 0 saturated carbocycles. The second-order valence-corrected chi connectivity index (χ2v) is 4.41. The van der Waals surface area contributed by atoms with Gasteiger partial charge in [-0.05, 0) is 32.0 Å². The van der Waals surface area contributed by atoms with Gasteiger partial charge in [-0.15, -0.1) is 0 Å². The minimum Gasteiger partial charge on any atom is -0.353 e. The fourth-order valence-electron chi connectivity index (χ4n) is 1.68. The standard InChI is InChI=1S/C13H15F2N3/c1-9(2)17-13-16-5-6-18(13)8-10-7-11(14)3-4-12(10)15/h3-7,9H,8H2,1-2H3,(H,16,17). The number of hydrogen-bond acceptors (Lipinski definition) is 2. The van der Waals surface area contributed by atoms with Crippen molar-refractivity contribution >= 4 is 5.95 Å². The Kier molecular flexibility index (Phi) is 3.60. The first kappa shape index (κ1) is 12.5. The van der Waals surface area contributed by atoms with E-state index < -0.39 is 11.6 Å². The normalized spacial score (nSPS) is 10.9. The highest BCUT2D eigenvalue weighted by Crippen LogP contribution is 2.14. The van der Waals surface area contributed by atoms with Crippen molar-refractivity contribution < 1.29 is 8.78 Å². The lowest BCUT2D eigenvalue weighted by Crippen LogP contribution is -2.15. The first-order chi connectivity index (χ1) is 8.56. The van der Waals surface area contributed by atoms with Gasteiger partial charge in [-0.1, -0.05) is 0 Å². The van der Waals surface area contributed by atoms with Crippen LogP contribution in [0.25, 0.3) is 0 Å². The zero-order valence-electron chi connectivity index (χ0n) is 10.3. The predicted molar refractivity (Wildman–Crippen MR) is 66.4 cm³/mol. The van der Waals surface area contributed by atoms with E-state index in [0.717, 1.165) is 12.1 Å². The first-order valence-corrected chi connectivity index (χ1v) is 5.78. The summed E-state index contributed by atoms with van der Waals surface area (Å²) in [5, 5.41) is 3.14. The van der Waals surface area contributed by atoms with Crippen molar-refractivity contribution in [3.05, 3.63) is 47.8 Å². The summed E-state index contributed by atoms with van der Waals surface area (Å²) in [5.74, 6) is -0.209. The Morgan fingerprint density at radius 1 is 1.33 bits per heavy atom. The third-order valence-electron chi connectivity index (χ3n) is 2.48. The van der Waals surface area contributed by atoms with Crippen molar-refractivity contribution in [2.75, 3.05) is 5.32 Å². The Morgan fingerprint density at radius 3 is 2.83 bits per heavy atom. The molecule has 0 bridgehead atoms.